The number of hydrogen-bond donors (Lipinski definition) is 5. The minimum atomic E-state index is -0.776. The Bertz CT molecular complexity index is 1830. The fourth-order valence-electron chi connectivity index (χ4n) is 6.23. The lowest BCUT2D eigenvalue weighted by atomic mass is 10.0. The van der Waals surface area contributed by atoms with E-state index in [1.807, 2.05) is 4.68 Å². The predicted octanol–water partition coefficient (Wildman–Crippen LogP) is 5.08. The molecule has 1 saturated heterocycles. The van der Waals surface area contributed by atoms with Crippen LogP contribution in [-0.4, -0.2) is 73.9 Å². The second-order valence-corrected chi connectivity index (χ2v) is 12.6. The quantitative estimate of drug-likeness (QED) is 0.135. The van der Waals surface area contributed by atoms with Gasteiger partial charge in [0.15, 0.2) is 5.69 Å². The van der Waals surface area contributed by atoms with Gasteiger partial charge in [-0.3, -0.25) is 28.9 Å². The zero-order valence-corrected chi connectivity index (χ0v) is 27.5. The van der Waals surface area contributed by atoms with E-state index in [1.54, 1.807) is 60.8 Å². The number of fused-ring (bicyclic) bond motifs is 1. The maximum atomic E-state index is 13.4. The lowest BCUT2D eigenvalue weighted by molar-refractivity contribution is -0.141. The summed E-state index contributed by atoms with van der Waals surface area (Å²) in [7, 11) is 0. The molecule has 12 nitrogen and oxygen atoms in total. The molecule has 2 amide bonds. The molecule has 2 aromatic carbocycles. The first-order chi connectivity index (χ1) is 23.2. The molecule has 0 aliphatic carbocycles. The van der Waals surface area contributed by atoms with Crippen LogP contribution in [0.3, 0.4) is 0 Å². The average molecular weight is 693 g/mol. The number of aromatic nitrogens is 3. The van der Waals surface area contributed by atoms with E-state index < -0.39 is 17.8 Å². The third-order valence-corrected chi connectivity index (χ3v) is 9.52. The van der Waals surface area contributed by atoms with Crippen LogP contribution >= 0.6 is 23.2 Å². The van der Waals surface area contributed by atoms with Crippen molar-refractivity contribution in [3.8, 4) is 11.1 Å². The van der Waals surface area contributed by atoms with Crippen LogP contribution in [0.1, 0.15) is 57.5 Å². The summed E-state index contributed by atoms with van der Waals surface area (Å²) in [6.07, 6.45) is 3.96. The van der Waals surface area contributed by atoms with Crippen molar-refractivity contribution in [3.63, 3.8) is 0 Å². The van der Waals surface area contributed by atoms with Gasteiger partial charge in [0, 0.05) is 43.5 Å². The molecule has 2 atom stereocenters. The minimum absolute atomic E-state index is 0.00815. The van der Waals surface area contributed by atoms with E-state index in [1.165, 1.54) is 0 Å². The van der Waals surface area contributed by atoms with Gasteiger partial charge in [-0.2, -0.15) is 5.10 Å². The molecule has 6 rings (SSSR count). The second-order valence-electron chi connectivity index (χ2n) is 11.8. The van der Waals surface area contributed by atoms with Crippen molar-refractivity contribution in [2.45, 2.75) is 38.4 Å². The second kappa shape index (κ2) is 14.8. The van der Waals surface area contributed by atoms with Crippen LogP contribution in [0.5, 0.6) is 0 Å². The van der Waals surface area contributed by atoms with Crippen molar-refractivity contribution >= 4 is 52.4 Å². The summed E-state index contributed by atoms with van der Waals surface area (Å²) in [4.78, 5) is 44.4. The number of rotatable bonds is 11. The number of carboxylic acids is 1. The van der Waals surface area contributed by atoms with E-state index in [-0.39, 0.29) is 40.0 Å². The van der Waals surface area contributed by atoms with E-state index in [0.717, 1.165) is 24.1 Å². The topological polar surface area (TPSA) is 162 Å². The van der Waals surface area contributed by atoms with Gasteiger partial charge in [-0.25, -0.2) is 0 Å². The Morgan fingerprint density at radius 3 is 2.19 bits per heavy atom. The van der Waals surface area contributed by atoms with Crippen LogP contribution in [0.25, 0.3) is 11.1 Å². The van der Waals surface area contributed by atoms with E-state index in [4.69, 9.17) is 28.3 Å². The molecule has 2 aliphatic rings. The summed E-state index contributed by atoms with van der Waals surface area (Å²) in [5, 5.41) is 32.2. The SMILES string of the molecule is O=C(Nc1cccc(-c2cccc(NC(=O)c3cc4n(n3)CCC[C@H]4N3CC[C@@H](C(=O)O)C3)c2Cl)c1Cl)c1ccc(CNCCO)cn1. The van der Waals surface area contributed by atoms with Crippen molar-refractivity contribution in [3.05, 3.63) is 93.5 Å². The first-order valence-corrected chi connectivity index (χ1v) is 16.5. The number of carbonyl (C=O) groups is 3. The number of carboxylic acid groups (broad SMARTS) is 1. The molecule has 14 heteroatoms. The molecule has 0 unspecified atom stereocenters. The van der Waals surface area contributed by atoms with Crippen LogP contribution in [0, 0.1) is 5.92 Å². The zero-order valence-electron chi connectivity index (χ0n) is 26.0. The summed E-state index contributed by atoms with van der Waals surface area (Å²) < 4.78 is 1.84. The number of aryl methyl sites for hydroxylation is 1. The zero-order chi connectivity index (χ0) is 33.8. The van der Waals surface area contributed by atoms with Crippen LogP contribution in [0.2, 0.25) is 10.0 Å². The van der Waals surface area contributed by atoms with Gasteiger partial charge >= 0.3 is 5.97 Å². The lowest BCUT2D eigenvalue weighted by Crippen LogP contribution is -2.32. The normalized spacial score (nSPS) is 17.6. The molecule has 0 saturated carbocycles. The molecule has 1 fully saturated rings. The fourth-order valence-corrected chi connectivity index (χ4v) is 6.78. The summed E-state index contributed by atoms with van der Waals surface area (Å²) in [5.74, 6) is -2.02. The van der Waals surface area contributed by atoms with E-state index >= 15 is 0 Å². The van der Waals surface area contributed by atoms with Crippen LogP contribution in [-0.2, 0) is 17.9 Å². The summed E-state index contributed by atoms with van der Waals surface area (Å²) in [6.45, 7) is 2.87. The molecule has 48 heavy (non-hydrogen) atoms. The lowest BCUT2D eigenvalue weighted by Gasteiger charge is -2.31. The van der Waals surface area contributed by atoms with Crippen molar-refractivity contribution in [1.82, 2.24) is 25.0 Å². The third kappa shape index (κ3) is 7.23. The fraction of sp³-hybridized carbons (Fsp3) is 0.324. The number of hydrogen-bond acceptors (Lipinski definition) is 8. The highest BCUT2D eigenvalue weighted by Gasteiger charge is 2.36. The van der Waals surface area contributed by atoms with E-state index in [0.29, 0.717) is 61.6 Å². The molecule has 4 aromatic rings. The van der Waals surface area contributed by atoms with Crippen molar-refractivity contribution in [2.75, 3.05) is 36.9 Å². The highest BCUT2D eigenvalue weighted by Crippen LogP contribution is 2.41. The molecule has 0 spiro atoms. The van der Waals surface area contributed by atoms with Crippen LogP contribution in [0.15, 0.2) is 60.8 Å². The highest BCUT2D eigenvalue weighted by atomic mass is 35.5. The van der Waals surface area contributed by atoms with E-state index in [2.05, 4.69) is 30.9 Å². The molecule has 0 bridgehead atoms. The van der Waals surface area contributed by atoms with Gasteiger partial charge in [-0.05, 0) is 55.6 Å². The predicted molar refractivity (Wildman–Crippen MR) is 182 cm³/mol. The Hall–Kier alpha value is -4.33. The largest absolute Gasteiger partial charge is 0.481 e. The molecule has 4 heterocycles. The number of benzene rings is 2. The number of pyridine rings is 1. The number of nitrogens with one attached hydrogen (secondary N) is 3. The molecule has 2 aromatic heterocycles. The van der Waals surface area contributed by atoms with Gasteiger partial charge < -0.3 is 26.2 Å². The van der Waals surface area contributed by atoms with Crippen molar-refractivity contribution in [1.29, 1.82) is 0 Å². The first kappa shape index (κ1) is 33.6. The monoisotopic (exact) mass is 691 g/mol. The Kier molecular flexibility index (Phi) is 10.4. The Morgan fingerprint density at radius 2 is 1.58 bits per heavy atom. The Balaban J connectivity index is 1.16. The number of amides is 2. The van der Waals surface area contributed by atoms with Gasteiger partial charge in [0.05, 0.1) is 45.7 Å². The van der Waals surface area contributed by atoms with Crippen molar-refractivity contribution < 1.29 is 24.6 Å². The van der Waals surface area contributed by atoms with E-state index in [9.17, 15) is 19.5 Å². The summed E-state index contributed by atoms with van der Waals surface area (Å²) >= 11 is 13.6. The molecular formula is C34H35Cl2N7O5. The number of anilines is 2. The maximum absolute atomic E-state index is 13.4. The molecule has 250 valence electrons. The maximum Gasteiger partial charge on any atom is 0.307 e. The Morgan fingerprint density at radius 1 is 0.896 bits per heavy atom. The highest BCUT2D eigenvalue weighted by molar-refractivity contribution is 6.40. The summed E-state index contributed by atoms with van der Waals surface area (Å²) in [5.41, 5.74) is 4.08. The number of aliphatic hydroxyl groups excluding tert-OH is 1. The number of aliphatic carboxylic acids is 1. The van der Waals surface area contributed by atoms with Gasteiger partial charge in [-0.1, -0.05) is 53.5 Å². The van der Waals surface area contributed by atoms with Gasteiger partial charge in [0.25, 0.3) is 11.8 Å². The number of aliphatic hydroxyl groups is 1. The number of halogens is 2. The molecule has 2 aliphatic heterocycles. The third-order valence-electron chi connectivity index (χ3n) is 8.70. The average Bonchev–Trinajstić information content (AvgIpc) is 3.76. The smallest absolute Gasteiger partial charge is 0.307 e. The standard InChI is InChI=1S/C34H35Cl2N7O5/c35-30-22(4-1-6-24(30)39-32(45)26-10-9-20(18-38-26)17-37-12-15-44)23-5-2-7-25(31(23)36)40-33(46)27-16-29-28(8-3-13-43(29)41-27)42-14-11-21(19-42)34(47)48/h1-2,4-7,9-10,16,18,21,28,37,44H,3,8,11-15,17,19H2,(H,39,45)(H,40,46)(H,47,48)/t21-,28-/m1/s1. The van der Waals surface area contributed by atoms with Gasteiger partial charge in [-0.15, -0.1) is 0 Å². The number of carbonyl (C=O) groups excluding carboxylic acids is 2. The summed E-state index contributed by atoms with van der Waals surface area (Å²) in [6, 6.07) is 15.6. The minimum Gasteiger partial charge on any atom is -0.481 e. The number of nitrogens with zero attached hydrogens (tertiary/aromatic N) is 4. The molecular weight excluding hydrogens is 657 g/mol. The first-order valence-electron chi connectivity index (χ1n) is 15.7. The number of likely N-dealkylation sites (tertiary alicyclic amines) is 1. The Labute approximate surface area is 287 Å². The van der Waals surface area contributed by atoms with Gasteiger partial charge in [0.1, 0.15) is 5.69 Å². The molecule has 5 N–H and O–H groups in total. The molecule has 0 radical (unpaired) electrons. The van der Waals surface area contributed by atoms with Crippen LogP contribution in [0.4, 0.5) is 11.4 Å². The van der Waals surface area contributed by atoms with Gasteiger partial charge in [0.2, 0.25) is 0 Å². The van der Waals surface area contributed by atoms with Crippen molar-refractivity contribution in [2.24, 2.45) is 5.92 Å². The van der Waals surface area contributed by atoms with Crippen LogP contribution < -0.4 is 16.0 Å².